The molecular formula is C21H23BrN4O2S. The van der Waals surface area contributed by atoms with Gasteiger partial charge in [-0.2, -0.15) is 5.10 Å². The molecule has 8 heteroatoms. The van der Waals surface area contributed by atoms with E-state index in [0.29, 0.717) is 23.2 Å². The third-order valence-corrected chi connectivity index (χ3v) is 5.80. The molecule has 2 N–H and O–H groups in total. The molecule has 0 spiro atoms. The number of thiocarbonyl (C=S) groups is 1. The minimum Gasteiger partial charge on any atom is -0.493 e. The van der Waals surface area contributed by atoms with Crippen molar-refractivity contribution in [3.63, 3.8) is 0 Å². The van der Waals surface area contributed by atoms with E-state index in [0.717, 1.165) is 32.8 Å². The van der Waals surface area contributed by atoms with Crippen molar-refractivity contribution < 1.29 is 9.47 Å². The van der Waals surface area contributed by atoms with Gasteiger partial charge in [0.25, 0.3) is 0 Å². The second-order valence-electron chi connectivity index (χ2n) is 6.49. The smallest absolute Gasteiger partial charge is 0.175 e. The molecule has 0 saturated carbocycles. The Morgan fingerprint density at radius 3 is 2.34 bits per heavy atom. The maximum Gasteiger partial charge on any atom is 0.175 e. The summed E-state index contributed by atoms with van der Waals surface area (Å²) >= 11 is 9.03. The van der Waals surface area contributed by atoms with Crippen LogP contribution in [0.1, 0.15) is 17.0 Å². The highest BCUT2D eigenvalue weighted by Crippen LogP contribution is 2.29. The Morgan fingerprint density at radius 1 is 1.03 bits per heavy atom. The van der Waals surface area contributed by atoms with E-state index in [2.05, 4.69) is 43.8 Å². The molecule has 1 aromatic heterocycles. The van der Waals surface area contributed by atoms with E-state index in [1.54, 1.807) is 14.2 Å². The molecule has 0 amide bonds. The number of rotatable bonds is 6. The molecule has 0 unspecified atom stereocenters. The molecule has 0 aliphatic carbocycles. The van der Waals surface area contributed by atoms with E-state index in [9.17, 15) is 0 Å². The first-order chi connectivity index (χ1) is 13.9. The van der Waals surface area contributed by atoms with Crippen molar-refractivity contribution in [2.24, 2.45) is 0 Å². The van der Waals surface area contributed by atoms with Gasteiger partial charge < -0.3 is 20.1 Å². The van der Waals surface area contributed by atoms with Crippen molar-refractivity contribution in [1.82, 2.24) is 9.78 Å². The highest BCUT2D eigenvalue weighted by Gasteiger charge is 2.10. The predicted octanol–water partition coefficient (Wildman–Crippen LogP) is 5.14. The Bertz CT molecular complexity index is 1040. The van der Waals surface area contributed by atoms with E-state index < -0.39 is 0 Å². The number of methoxy groups -OCH3 is 2. The number of aromatic nitrogens is 2. The Balaban J connectivity index is 1.68. The van der Waals surface area contributed by atoms with Crippen LogP contribution in [-0.2, 0) is 6.54 Å². The van der Waals surface area contributed by atoms with Crippen LogP contribution < -0.4 is 20.1 Å². The largest absolute Gasteiger partial charge is 0.493 e. The van der Waals surface area contributed by atoms with Gasteiger partial charge in [0, 0.05) is 17.4 Å². The highest BCUT2D eigenvalue weighted by molar-refractivity contribution is 9.10. The van der Waals surface area contributed by atoms with Gasteiger partial charge in [0.15, 0.2) is 16.6 Å². The summed E-state index contributed by atoms with van der Waals surface area (Å²) in [7, 11) is 3.21. The average molecular weight is 475 g/mol. The van der Waals surface area contributed by atoms with Gasteiger partial charge in [-0.05, 0) is 71.8 Å². The van der Waals surface area contributed by atoms with Gasteiger partial charge in [-0.3, -0.25) is 4.68 Å². The summed E-state index contributed by atoms with van der Waals surface area (Å²) in [6, 6.07) is 13.7. The van der Waals surface area contributed by atoms with Crippen molar-refractivity contribution in [2.45, 2.75) is 20.4 Å². The number of ether oxygens (including phenoxy) is 2. The van der Waals surface area contributed by atoms with Crippen LogP contribution in [0.25, 0.3) is 0 Å². The quantitative estimate of drug-likeness (QED) is 0.482. The second kappa shape index (κ2) is 9.28. The first-order valence-corrected chi connectivity index (χ1v) is 10.2. The molecule has 0 aliphatic rings. The van der Waals surface area contributed by atoms with Gasteiger partial charge in [-0.15, -0.1) is 0 Å². The molecule has 0 atom stereocenters. The molecule has 0 fully saturated rings. The maximum absolute atomic E-state index is 5.45. The predicted molar refractivity (Wildman–Crippen MR) is 124 cm³/mol. The Kier molecular flexibility index (Phi) is 6.76. The maximum atomic E-state index is 5.45. The molecule has 152 valence electrons. The van der Waals surface area contributed by atoms with Crippen LogP contribution in [0, 0.1) is 13.8 Å². The van der Waals surface area contributed by atoms with E-state index in [1.165, 1.54) is 0 Å². The first-order valence-electron chi connectivity index (χ1n) is 8.99. The number of nitrogens with zero attached hydrogens (tertiary/aromatic N) is 2. The minimum atomic E-state index is 0.489. The van der Waals surface area contributed by atoms with Crippen LogP contribution in [0.5, 0.6) is 11.5 Å². The number of benzene rings is 2. The molecule has 2 aromatic carbocycles. The molecule has 0 radical (unpaired) electrons. The monoisotopic (exact) mass is 474 g/mol. The summed E-state index contributed by atoms with van der Waals surface area (Å²) in [6.07, 6.45) is 0. The normalized spacial score (nSPS) is 10.5. The van der Waals surface area contributed by atoms with Crippen LogP contribution in [0.4, 0.5) is 11.4 Å². The minimum absolute atomic E-state index is 0.489. The first kappa shape index (κ1) is 21.1. The number of anilines is 2. The SMILES string of the molecule is COc1ccc(NC(=S)Nc2cccc(Cn3nc(C)c(Br)c3C)c2)cc1OC. The molecule has 1 heterocycles. The fourth-order valence-corrected chi connectivity index (χ4v) is 3.48. The number of hydrogen-bond acceptors (Lipinski definition) is 4. The van der Waals surface area contributed by atoms with Crippen molar-refractivity contribution >= 4 is 44.6 Å². The standard InChI is InChI=1S/C21H23BrN4O2S/c1-13-20(22)14(2)26(25-13)12-15-6-5-7-16(10-15)23-21(29)24-17-8-9-18(27-3)19(11-17)28-4/h5-11H,12H2,1-4H3,(H2,23,24,29). The molecule has 0 aliphatic heterocycles. The number of halogens is 1. The molecule has 0 saturated heterocycles. The van der Waals surface area contributed by atoms with Gasteiger partial charge in [-0.25, -0.2) is 0 Å². The highest BCUT2D eigenvalue weighted by atomic mass is 79.9. The van der Waals surface area contributed by atoms with E-state index in [1.807, 2.05) is 48.9 Å². The van der Waals surface area contributed by atoms with E-state index in [-0.39, 0.29) is 0 Å². The molecular weight excluding hydrogens is 452 g/mol. The lowest BCUT2D eigenvalue weighted by Gasteiger charge is -2.14. The summed E-state index contributed by atoms with van der Waals surface area (Å²) < 4.78 is 13.6. The lowest BCUT2D eigenvalue weighted by molar-refractivity contribution is 0.355. The summed E-state index contributed by atoms with van der Waals surface area (Å²) in [5.41, 5.74) is 4.93. The summed E-state index contributed by atoms with van der Waals surface area (Å²) in [6.45, 7) is 4.72. The molecule has 29 heavy (non-hydrogen) atoms. The summed E-state index contributed by atoms with van der Waals surface area (Å²) in [5, 5.41) is 11.4. The second-order valence-corrected chi connectivity index (χ2v) is 7.69. The van der Waals surface area contributed by atoms with Crippen LogP contribution >= 0.6 is 28.1 Å². The number of hydrogen-bond donors (Lipinski definition) is 2. The van der Waals surface area contributed by atoms with Crippen LogP contribution in [-0.4, -0.2) is 29.1 Å². The Labute approximate surface area is 184 Å². The van der Waals surface area contributed by atoms with Crippen molar-refractivity contribution in [2.75, 3.05) is 24.9 Å². The van der Waals surface area contributed by atoms with Crippen LogP contribution in [0.15, 0.2) is 46.9 Å². The zero-order valence-electron chi connectivity index (χ0n) is 16.7. The average Bonchev–Trinajstić information content (AvgIpc) is 2.94. The van der Waals surface area contributed by atoms with Gasteiger partial charge in [0.2, 0.25) is 0 Å². The number of nitrogens with one attached hydrogen (secondary N) is 2. The topological polar surface area (TPSA) is 60.3 Å². The van der Waals surface area contributed by atoms with Crippen molar-refractivity contribution in [1.29, 1.82) is 0 Å². The van der Waals surface area contributed by atoms with Crippen molar-refractivity contribution in [3.05, 3.63) is 63.9 Å². The fraction of sp³-hybridized carbons (Fsp3) is 0.238. The van der Waals surface area contributed by atoms with Gasteiger partial charge in [0.05, 0.1) is 36.6 Å². The molecule has 6 nitrogen and oxygen atoms in total. The molecule has 3 aromatic rings. The zero-order valence-corrected chi connectivity index (χ0v) is 19.1. The third kappa shape index (κ3) is 5.07. The molecule has 0 bridgehead atoms. The zero-order chi connectivity index (χ0) is 21.0. The van der Waals surface area contributed by atoms with Crippen molar-refractivity contribution in [3.8, 4) is 11.5 Å². The third-order valence-electron chi connectivity index (χ3n) is 4.45. The number of aryl methyl sites for hydroxylation is 1. The van der Waals surface area contributed by atoms with Gasteiger partial charge in [-0.1, -0.05) is 12.1 Å². The van der Waals surface area contributed by atoms with E-state index >= 15 is 0 Å². The lowest BCUT2D eigenvalue weighted by atomic mass is 10.2. The summed E-state index contributed by atoms with van der Waals surface area (Å²) in [5.74, 6) is 1.30. The van der Waals surface area contributed by atoms with E-state index in [4.69, 9.17) is 21.7 Å². The lowest BCUT2D eigenvalue weighted by Crippen LogP contribution is -2.19. The van der Waals surface area contributed by atoms with Gasteiger partial charge >= 0.3 is 0 Å². The van der Waals surface area contributed by atoms with Crippen LogP contribution in [0.2, 0.25) is 0 Å². The van der Waals surface area contributed by atoms with Crippen LogP contribution in [0.3, 0.4) is 0 Å². The molecule has 3 rings (SSSR count). The summed E-state index contributed by atoms with van der Waals surface area (Å²) in [4.78, 5) is 0. The Hall–Kier alpha value is -2.58. The van der Waals surface area contributed by atoms with Gasteiger partial charge in [0.1, 0.15) is 0 Å². The Morgan fingerprint density at radius 2 is 1.72 bits per heavy atom. The fourth-order valence-electron chi connectivity index (χ4n) is 2.96.